The number of likely N-dealkylation sites (N-methyl/N-ethyl adjacent to an activating group) is 1. The minimum absolute atomic E-state index is 0.447. The van der Waals surface area contributed by atoms with Crippen LogP contribution >= 0.6 is 0 Å². The van der Waals surface area contributed by atoms with Crippen LogP contribution in [0.3, 0.4) is 0 Å². The third kappa shape index (κ3) is 8.28. The molecule has 0 spiro atoms. The third-order valence-corrected chi connectivity index (χ3v) is 4.97. The van der Waals surface area contributed by atoms with Gasteiger partial charge in [-0.15, -0.1) is 0 Å². The van der Waals surface area contributed by atoms with E-state index in [9.17, 15) is 5.11 Å². The Balaban J connectivity index is 1.72. The van der Waals surface area contributed by atoms with E-state index in [-0.39, 0.29) is 0 Å². The second kappa shape index (κ2) is 12.0. The molecule has 0 saturated carbocycles. The highest BCUT2D eigenvalue weighted by molar-refractivity contribution is 5.79. The van der Waals surface area contributed by atoms with Gasteiger partial charge < -0.3 is 25.5 Å². The molecule has 1 fully saturated rings. The van der Waals surface area contributed by atoms with E-state index < -0.39 is 6.10 Å². The van der Waals surface area contributed by atoms with Crippen molar-refractivity contribution in [3.8, 4) is 0 Å². The van der Waals surface area contributed by atoms with Crippen LogP contribution in [0.1, 0.15) is 31.9 Å². The van der Waals surface area contributed by atoms with Crippen molar-refractivity contribution in [3.63, 3.8) is 0 Å². The van der Waals surface area contributed by atoms with Crippen molar-refractivity contribution in [3.05, 3.63) is 35.9 Å². The normalized spacial score (nSPS) is 18.9. The monoisotopic (exact) mass is 375 g/mol. The SMILES string of the molecule is CCNC(=NCC(C)CN1CCN(C)CC1)NCCC(O)c1ccccc1. The van der Waals surface area contributed by atoms with Gasteiger partial charge >= 0.3 is 0 Å². The molecule has 27 heavy (non-hydrogen) atoms. The molecule has 1 aromatic carbocycles. The molecule has 0 aromatic heterocycles. The molecule has 1 aromatic rings. The van der Waals surface area contributed by atoms with Gasteiger partial charge in [-0.3, -0.25) is 4.99 Å². The average molecular weight is 376 g/mol. The summed E-state index contributed by atoms with van der Waals surface area (Å²) < 4.78 is 0. The quantitative estimate of drug-likeness (QED) is 0.452. The van der Waals surface area contributed by atoms with Gasteiger partial charge in [0.05, 0.1) is 6.10 Å². The lowest BCUT2D eigenvalue weighted by atomic mass is 10.1. The van der Waals surface area contributed by atoms with Gasteiger partial charge in [0.2, 0.25) is 0 Å². The molecular weight excluding hydrogens is 338 g/mol. The maximum atomic E-state index is 10.3. The molecular formula is C21H37N5O. The number of nitrogens with one attached hydrogen (secondary N) is 2. The summed E-state index contributed by atoms with van der Waals surface area (Å²) in [6, 6.07) is 9.81. The lowest BCUT2D eigenvalue weighted by molar-refractivity contribution is 0.140. The van der Waals surface area contributed by atoms with Crippen LogP contribution in [0.25, 0.3) is 0 Å². The van der Waals surface area contributed by atoms with E-state index in [4.69, 9.17) is 4.99 Å². The van der Waals surface area contributed by atoms with Crippen molar-refractivity contribution in [2.75, 3.05) is 59.4 Å². The van der Waals surface area contributed by atoms with Crippen molar-refractivity contribution >= 4 is 5.96 Å². The molecule has 3 N–H and O–H groups in total. The Bertz CT molecular complexity index is 543. The Kier molecular flexibility index (Phi) is 9.59. The maximum absolute atomic E-state index is 10.3. The molecule has 6 heteroatoms. The van der Waals surface area contributed by atoms with E-state index in [0.29, 0.717) is 18.9 Å². The molecule has 152 valence electrons. The summed E-state index contributed by atoms with van der Waals surface area (Å²) in [7, 11) is 2.19. The van der Waals surface area contributed by atoms with E-state index in [1.807, 2.05) is 30.3 Å². The molecule has 2 rings (SSSR count). The summed E-state index contributed by atoms with van der Waals surface area (Å²) >= 11 is 0. The van der Waals surface area contributed by atoms with Crippen LogP contribution in [0.2, 0.25) is 0 Å². The lowest BCUT2D eigenvalue weighted by Gasteiger charge is -2.33. The van der Waals surface area contributed by atoms with Crippen molar-refractivity contribution in [2.45, 2.75) is 26.4 Å². The van der Waals surface area contributed by atoms with Gasteiger partial charge in [-0.05, 0) is 31.9 Å². The number of aliphatic hydroxyl groups is 1. The van der Waals surface area contributed by atoms with Crippen LogP contribution < -0.4 is 10.6 Å². The standard InChI is InChI=1S/C21H37N5O/c1-4-22-21(23-11-10-20(27)19-8-6-5-7-9-19)24-16-18(2)17-26-14-12-25(3)13-15-26/h5-9,18,20,27H,4,10-17H2,1-3H3,(H2,22,23,24). The smallest absolute Gasteiger partial charge is 0.191 e. The zero-order valence-corrected chi connectivity index (χ0v) is 17.2. The zero-order valence-electron chi connectivity index (χ0n) is 17.2. The first-order chi connectivity index (χ1) is 13.1. The van der Waals surface area contributed by atoms with Crippen LogP contribution in [-0.2, 0) is 0 Å². The van der Waals surface area contributed by atoms with Gasteiger partial charge in [0, 0.05) is 52.4 Å². The average Bonchev–Trinajstić information content (AvgIpc) is 2.68. The van der Waals surface area contributed by atoms with Crippen LogP contribution in [0, 0.1) is 5.92 Å². The number of benzene rings is 1. The molecule has 2 atom stereocenters. The fourth-order valence-corrected chi connectivity index (χ4v) is 3.29. The molecule has 0 bridgehead atoms. The lowest BCUT2D eigenvalue weighted by Crippen LogP contribution is -2.46. The predicted molar refractivity (Wildman–Crippen MR) is 113 cm³/mol. The van der Waals surface area contributed by atoms with Gasteiger partial charge in [0.1, 0.15) is 0 Å². The van der Waals surface area contributed by atoms with Crippen molar-refractivity contribution in [2.24, 2.45) is 10.9 Å². The van der Waals surface area contributed by atoms with Crippen molar-refractivity contribution < 1.29 is 5.11 Å². The number of aliphatic hydroxyl groups excluding tert-OH is 1. The number of nitrogens with zero attached hydrogens (tertiary/aromatic N) is 3. The third-order valence-electron chi connectivity index (χ3n) is 4.97. The largest absolute Gasteiger partial charge is 0.388 e. The molecule has 6 nitrogen and oxygen atoms in total. The summed E-state index contributed by atoms with van der Waals surface area (Å²) in [5, 5.41) is 16.9. The summed E-state index contributed by atoms with van der Waals surface area (Å²) in [4.78, 5) is 9.66. The van der Waals surface area contributed by atoms with E-state index >= 15 is 0 Å². The Morgan fingerprint density at radius 1 is 1.15 bits per heavy atom. The highest BCUT2D eigenvalue weighted by Gasteiger charge is 2.16. The molecule has 0 aliphatic carbocycles. The van der Waals surface area contributed by atoms with E-state index in [1.165, 1.54) is 0 Å². The molecule has 2 unspecified atom stereocenters. The minimum atomic E-state index is -0.447. The number of piperazine rings is 1. The molecule has 0 amide bonds. The highest BCUT2D eigenvalue weighted by atomic mass is 16.3. The molecule has 1 aliphatic rings. The number of hydrogen-bond donors (Lipinski definition) is 3. The minimum Gasteiger partial charge on any atom is -0.388 e. The van der Waals surface area contributed by atoms with Crippen molar-refractivity contribution in [1.29, 1.82) is 0 Å². The Labute approximate surface area is 164 Å². The predicted octanol–water partition coefficient (Wildman–Crippen LogP) is 1.55. The Morgan fingerprint density at radius 2 is 1.85 bits per heavy atom. The first kappa shape index (κ1) is 21.7. The van der Waals surface area contributed by atoms with E-state index in [1.54, 1.807) is 0 Å². The Hall–Kier alpha value is -1.63. The zero-order chi connectivity index (χ0) is 19.5. The second-order valence-electron chi connectivity index (χ2n) is 7.57. The van der Waals surface area contributed by atoms with E-state index in [0.717, 1.165) is 57.3 Å². The number of rotatable bonds is 9. The fraction of sp³-hybridized carbons (Fsp3) is 0.667. The summed E-state index contributed by atoms with van der Waals surface area (Å²) in [5.41, 5.74) is 0.960. The molecule has 1 heterocycles. The first-order valence-corrected chi connectivity index (χ1v) is 10.2. The fourth-order valence-electron chi connectivity index (χ4n) is 3.29. The van der Waals surface area contributed by atoms with Gasteiger partial charge in [-0.25, -0.2) is 0 Å². The molecule has 0 radical (unpaired) electrons. The second-order valence-corrected chi connectivity index (χ2v) is 7.57. The van der Waals surface area contributed by atoms with Crippen LogP contribution in [-0.4, -0.2) is 80.3 Å². The first-order valence-electron chi connectivity index (χ1n) is 10.2. The molecule has 1 saturated heterocycles. The Morgan fingerprint density at radius 3 is 2.52 bits per heavy atom. The summed E-state index contributed by atoms with van der Waals surface area (Å²) in [6.07, 6.45) is 0.211. The molecule has 1 aliphatic heterocycles. The van der Waals surface area contributed by atoms with Crippen LogP contribution in [0.15, 0.2) is 35.3 Å². The van der Waals surface area contributed by atoms with Gasteiger partial charge in [0.25, 0.3) is 0 Å². The van der Waals surface area contributed by atoms with Crippen LogP contribution in [0.5, 0.6) is 0 Å². The number of guanidine groups is 1. The maximum Gasteiger partial charge on any atom is 0.191 e. The summed E-state index contributed by atoms with van der Waals surface area (Å²) in [5.74, 6) is 1.36. The summed E-state index contributed by atoms with van der Waals surface area (Å²) in [6.45, 7) is 12.4. The van der Waals surface area contributed by atoms with Gasteiger partial charge in [0.15, 0.2) is 5.96 Å². The van der Waals surface area contributed by atoms with E-state index in [2.05, 4.69) is 41.3 Å². The number of hydrogen-bond acceptors (Lipinski definition) is 4. The van der Waals surface area contributed by atoms with Crippen LogP contribution in [0.4, 0.5) is 0 Å². The van der Waals surface area contributed by atoms with Gasteiger partial charge in [-0.1, -0.05) is 37.3 Å². The van der Waals surface area contributed by atoms with Crippen molar-refractivity contribution in [1.82, 2.24) is 20.4 Å². The number of aliphatic imine (C=N–C) groups is 1. The highest BCUT2D eigenvalue weighted by Crippen LogP contribution is 2.14. The topological polar surface area (TPSA) is 63.1 Å². The van der Waals surface area contributed by atoms with Gasteiger partial charge in [-0.2, -0.15) is 0 Å².